The Morgan fingerprint density at radius 3 is 2.71 bits per heavy atom. The van der Waals surface area contributed by atoms with E-state index in [-0.39, 0.29) is 24.0 Å². The summed E-state index contributed by atoms with van der Waals surface area (Å²) in [5, 5.41) is 6.61. The molecule has 0 bridgehead atoms. The summed E-state index contributed by atoms with van der Waals surface area (Å²) in [5.74, 6) is 0.909. The van der Waals surface area contributed by atoms with E-state index in [1.165, 1.54) is 25.7 Å². The van der Waals surface area contributed by atoms with E-state index in [4.69, 9.17) is 4.74 Å². The van der Waals surface area contributed by atoms with E-state index in [0.29, 0.717) is 6.10 Å². The van der Waals surface area contributed by atoms with Crippen LogP contribution in [0, 0.1) is 0 Å². The van der Waals surface area contributed by atoms with Crippen molar-refractivity contribution in [3.63, 3.8) is 0 Å². The fraction of sp³-hybridized carbons (Fsp3) is 0.917. The van der Waals surface area contributed by atoms with Crippen molar-refractivity contribution in [1.29, 1.82) is 0 Å². The molecule has 0 aromatic carbocycles. The van der Waals surface area contributed by atoms with Gasteiger partial charge in [-0.15, -0.1) is 24.0 Å². The van der Waals surface area contributed by atoms with Crippen LogP contribution in [0.1, 0.15) is 39.0 Å². The maximum atomic E-state index is 5.57. The van der Waals surface area contributed by atoms with Gasteiger partial charge in [-0.05, 0) is 25.7 Å². The topological polar surface area (TPSA) is 45.7 Å². The van der Waals surface area contributed by atoms with Crippen molar-refractivity contribution in [2.24, 2.45) is 4.99 Å². The lowest BCUT2D eigenvalue weighted by Gasteiger charge is -2.13. The molecule has 102 valence electrons. The number of unbranched alkanes of at least 4 members (excludes halogenated alkanes) is 1. The lowest BCUT2D eigenvalue weighted by Crippen LogP contribution is -2.38. The first-order valence-corrected chi connectivity index (χ1v) is 6.43. The molecule has 1 aliphatic rings. The minimum atomic E-state index is 0. The molecule has 0 spiro atoms. The van der Waals surface area contributed by atoms with Crippen LogP contribution in [-0.2, 0) is 4.74 Å². The molecule has 1 unspecified atom stereocenters. The first-order valence-electron chi connectivity index (χ1n) is 6.43. The number of ether oxygens (including phenoxy) is 1. The van der Waals surface area contributed by atoms with Gasteiger partial charge in [0.05, 0.1) is 6.10 Å². The second kappa shape index (κ2) is 11.1. The van der Waals surface area contributed by atoms with Gasteiger partial charge in [0, 0.05) is 26.7 Å². The molecular formula is C12H26IN3O. The monoisotopic (exact) mass is 355 g/mol. The van der Waals surface area contributed by atoms with E-state index in [1.807, 2.05) is 7.05 Å². The van der Waals surface area contributed by atoms with Gasteiger partial charge in [-0.25, -0.2) is 0 Å². The number of nitrogens with one attached hydrogen (secondary N) is 2. The first-order chi connectivity index (χ1) is 7.86. The zero-order valence-corrected chi connectivity index (χ0v) is 13.3. The molecule has 1 aliphatic heterocycles. The van der Waals surface area contributed by atoms with Crippen LogP contribution in [0.5, 0.6) is 0 Å². The van der Waals surface area contributed by atoms with Crippen molar-refractivity contribution in [2.45, 2.75) is 45.1 Å². The number of halogens is 1. The van der Waals surface area contributed by atoms with Gasteiger partial charge in [0.15, 0.2) is 5.96 Å². The van der Waals surface area contributed by atoms with Gasteiger partial charge < -0.3 is 15.4 Å². The Hall–Kier alpha value is -0.0400. The Kier molecular flexibility index (Phi) is 11.0. The Morgan fingerprint density at radius 1 is 1.35 bits per heavy atom. The number of aliphatic imine (C=N–C) groups is 1. The fourth-order valence-electron chi connectivity index (χ4n) is 1.83. The summed E-state index contributed by atoms with van der Waals surface area (Å²) >= 11 is 0. The van der Waals surface area contributed by atoms with Gasteiger partial charge in [-0.1, -0.05) is 13.3 Å². The molecule has 1 rings (SSSR count). The molecule has 1 heterocycles. The number of guanidine groups is 1. The standard InChI is InChI=1S/C12H25N3O.HI/c1-3-4-8-14-12(13-2)15-9-7-11-6-5-10-16-11;/h11H,3-10H2,1-2H3,(H2,13,14,15);1H. The minimum absolute atomic E-state index is 0. The molecule has 17 heavy (non-hydrogen) atoms. The van der Waals surface area contributed by atoms with Crippen LogP contribution in [0.4, 0.5) is 0 Å². The van der Waals surface area contributed by atoms with Crippen LogP contribution in [-0.4, -0.2) is 38.8 Å². The molecule has 0 aliphatic carbocycles. The fourth-order valence-corrected chi connectivity index (χ4v) is 1.83. The van der Waals surface area contributed by atoms with Gasteiger partial charge in [-0.3, -0.25) is 4.99 Å². The highest BCUT2D eigenvalue weighted by Crippen LogP contribution is 2.14. The zero-order chi connectivity index (χ0) is 11.6. The van der Waals surface area contributed by atoms with Crippen LogP contribution in [0.3, 0.4) is 0 Å². The summed E-state index contributed by atoms with van der Waals surface area (Å²) in [6.07, 6.45) is 6.36. The lowest BCUT2D eigenvalue weighted by molar-refractivity contribution is 0.105. The molecule has 0 aromatic rings. The first kappa shape index (κ1) is 17.0. The Bertz CT molecular complexity index is 206. The highest BCUT2D eigenvalue weighted by molar-refractivity contribution is 14.0. The maximum Gasteiger partial charge on any atom is 0.190 e. The number of nitrogens with zero attached hydrogens (tertiary/aromatic N) is 1. The molecule has 0 saturated carbocycles. The van der Waals surface area contributed by atoms with Crippen LogP contribution >= 0.6 is 24.0 Å². The highest BCUT2D eigenvalue weighted by atomic mass is 127. The smallest absolute Gasteiger partial charge is 0.190 e. The zero-order valence-electron chi connectivity index (χ0n) is 11.0. The van der Waals surface area contributed by atoms with Crippen molar-refractivity contribution in [3.8, 4) is 0 Å². The van der Waals surface area contributed by atoms with Crippen LogP contribution in [0.25, 0.3) is 0 Å². The normalized spacial score (nSPS) is 19.9. The van der Waals surface area contributed by atoms with Gasteiger partial charge in [0.1, 0.15) is 0 Å². The predicted molar refractivity (Wildman–Crippen MR) is 83.3 cm³/mol. The maximum absolute atomic E-state index is 5.57. The van der Waals surface area contributed by atoms with Crippen molar-refractivity contribution in [3.05, 3.63) is 0 Å². The Balaban J connectivity index is 0.00000256. The highest BCUT2D eigenvalue weighted by Gasteiger charge is 2.14. The van der Waals surface area contributed by atoms with Gasteiger partial charge >= 0.3 is 0 Å². The SMILES string of the molecule is CCCCNC(=NC)NCCC1CCCO1.I. The largest absolute Gasteiger partial charge is 0.378 e. The van der Waals surface area contributed by atoms with E-state index >= 15 is 0 Å². The average molecular weight is 355 g/mol. The van der Waals surface area contributed by atoms with E-state index in [0.717, 1.165) is 32.1 Å². The van der Waals surface area contributed by atoms with Crippen molar-refractivity contribution in [1.82, 2.24) is 10.6 Å². The summed E-state index contributed by atoms with van der Waals surface area (Å²) in [6, 6.07) is 0. The van der Waals surface area contributed by atoms with E-state index < -0.39 is 0 Å². The third kappa shape index (κ3) is 7.81. The van der Waals surface area contributed by atoms with Crippen LogP contribution < -0.4 is 10.6 Å². The summed E-state index contributed by atoms with van der Waals surface area (Å²) in [6.45, 7) is 5.07. The van der Waals surface area contributed by atoms with E-state index in [9.17, 15) is 0 Å². The summed E-state index contributed by atoms with van der Waals surface area (Å²) in [4.78, 5) is 4.18. The van der Waals surface area contributed by atoms with Gasteiger partial charge in [0.2, 0.25) is 0 Å². The second-order valence-corrected chi connectivity index (χ2v) is 4.20. The van der Waals surface area contributed by atoms with Crippen LogP contribution in [0.2, 0.25) is 0 Å². The molecule has 1 saturated heterocycles. The van der Waals surface area contributed by atoms with Crippen molar-refractivity contribution >= 4 is 29.9 Å². The van der Waals surface area contributed by atoms with Crippen LogP contribution in [0.15, 0.2) is 4.99 Å². The number of rotatable bonds is 6. The molecule has 5 heteroatoms. The van der Waals surface area contributed by atoms with Gasteiger partial charge in [-0.2, -0.15) is 0 Å². The minimum Gasteiger partial charge on any atom is -0.378 e. The average Bonchev–Trinajstić information content (AvgIpc) is 2.80. The quantitative estimate of drug-likeness (QED) is 0.332. The van der Waals surface area contributed by atoms with E-state index in [2.05, 4.69) is 22.5 Å². The third-order valence-electron chi connectivity index (χ3n) is 2.83. The second-order valence-electron chi connectivity index (χ2n) is 4.20. The molecule has 2 N–H and O–H groups in total. The molecule has 1 atom stereocenters. The predicted octanol–water partition coefficient (Wildman–Crippen LogP) is 2.14. The van der Waals surface area contributed by atoms with Gasteiger partial charge in [0.25, 0.3) is 0 Å². The summed E-state index contributed by atoms with van der Waals surface area (Å²) in [5.41, 5.74) is 0. The Morgan fingerprint density at radius 2 is 2.12 bits per heavy atom. The molecule has 1 fully saturated rings. The lowest BCUT2D eigenvalue weighted by atomic mass is 10.2. The molecular weight excluding hydrogens is 329 g/mol. The Labute approximate surface area is 122 Å². The van der Waals surface area contributed by atoms with E-state index in [1.54, 1.807) is 0 Å². The molecule has 0 amide bonds. The number of hydrogen-bond acceptors (Lipinski definition) is 2. The third-order valence-corrected chi connectivity index (χ3v) is 2.83. The molecule has 0 aromatic heterocycles. The number of hydrogen-bond donors (Lipinski definition) is 2. The van der Waals surface area contributed by atoms with Crippen molar-refractivity contribution in [2.75, 3.05) is 26.7 Å². The summed E-state index contributed by atoms with van der Waals surface area (Å²) in [7, 11) is 1.81. The molecule has 4 nitrogen and oxygen atoms in total. The molecule has 0 radical (unpaired) electrons. The summed E-state index contributed by atoms with van der Waals surface area (Å²) < 4.78 is 5.57. The van der Waals surface area contributed by atoms with Crippen molar-refractivity contribution < 1.29 is 4.74 Å².